The molecule has 1 amide bonds. The summed E-state index contributed by atoms with van der Waals surface area (Å²) in [6, 6.07) is 3.34. The van der Waals surface area contributed by atoms with Gasteiger partial charge in [-0.25, -0.2) is 0 Å². The van der Waals surface area contributed by atoms with Crippen molar-refractivity contribution in [2.75, 3.05) is 32.8 Å². The predicted octanol–water partition coefficient (Wildman–Crippen LogP) is 3.68. The molecule has 7 heteroatoms. The molecule has 1 heterocycles. The molecule has 1 aromatic rings. The zero-order valence-electron chi connectivity index (χ0n) is 14.9. The summed E-state index contributed by atoms with van der Waals surface area (Å²) < 4.78 is 11.3. The first-order chi connectivity index (χ1) is 11.7. The van der Waals surface area contributed by atoms with Crippen LogP contribution in [0, 0.1) is 5.92 Å². The normalized spacial score (nSPS) is 16.2. The number of hydrogen-bond acceptors (Lipinski definition) is 4. The van der Waals surface area contributed by atoms with Crippen LogP contribution in [0.1, 0.15) is 43.5 Å². The smallest absolute Gasteiger partial charge is 0.251 e. The fourth-order valence-electron chi connectivity index (χ4n) is 2.76. The van der Waals surface area contributed by atoms with Gasteiger partial charge in [0.05, 0.1) is 18.2 Å². The lowest BCUT2D eigenvalue weighted by Gasteiger charge is -2.15. The number of ether oxygens (including phenoxy) is 2. The van der Waals surface area contributed by atoms with Gasteiger partial charge in [0.15, 0.2) is 11.5 Å². The molecular formula is C18H28Cl2N2O3. The van der Waals surface area contributed by atoms with E-state index in [2.05, 4.69) is 10.6 Å². The van der Waals surface area contributed by atoms with Crippen molar-refractivity contribution in [3.63, 3.8) is 0 Å². The number of rotatable bonds is 9. The maximum absolute atomic E-state index is 12.4. The third-order valence-corrected chi connectivity index (χ3v) is 4.30. The van der Waals surface area contributed by atoms with Crippen LogP contribution in [-0.2, 0) is 0 Å². The quantitative estimate of drug-likeness (QED) is 0.674. The van der Waals surface area contributed by atoms with Gasteiger partial charge in [0, 0.05) is 12.1 Å². The number of hydrogen-bond donors (Lipinski definition) is 2. The molecule has 2 rings (SSSR count). The van der Waals surface area contributed by atoms with Gasteiger partial charge in [0.1, 0.15) is 0 Å². The van der Waals surface area contributed by atoms with Crippen LogP contribution in [0.3, 0.4) is 0 Å². The Balaban J connectivity index is 0.00000312. The van der Waals surface area contributed by atoms with Crippen molar-refractivity contribution >= 4 is 29.9 Å². The number of halogens is 2. The van der Waals surface area contributed by atoms with Crippen LogP contribution in [0.15, 0.2) is 12.1 Å². The van der Waals surface area contributed by atoms with E-state index >= 15 is 0 Å². The van der Waals surface area contributed by atoms with Gasteiger partial charge < -0.3 is 20.1 Å². The molecule has 1 atom stereocenters. The molecule has 1 saturated heterocycles. The minimum Gasteiger partial charge on any atom is -0.490 e. The number of amides is 1. The Morgan fingerprint density at radius 2 is 2.16 bits per heavy atom. The third-order valence-electron chi connectivity index (χ3n) is 4.02. The van der Waals surface area contributed by atoms with Crippen LogP contribution in [0.25, 0.3) is 0 Å². The molecule has 1 unspecified atom stereocenters. The summed E-state index contributed by atoms with van der Waals surface area (Å²) in [5.41, 5.74) is 0.497. The molecule has 5 nitrogen and oxygen atoms in total. The fraction of sp³-hybridized carbons (Fsp3) is 0.611. The Morgan fingerprint density at radius 3 is 2.80 bits per heavy atom. The summed E-state index contributed by atoms with van der Waals surface area (Å²) in [5, 5.41) is 6.70. The van der Waals surface area contributed by atoms with Gasteiger partial charge in [-0.2, -0.15) is 0 Å². The molecule has 0 radical (unpaired) electrons. The molecule has 0 saturated carbocycles. The second-order valence-corrected chi connectivity index (χ2v) is 6.38. The number of benzene rings is 1. The summed E-state index contributed by atoms with van der Waals surface area (Å²) in [5.74, 6) is 1.54. The molecule has 1 aromatic carbocycles. The second kappa shape index (κ2) is 11.4. The maximum Gasteiger partial charge on any atom is 0.251 e. The van der Waals surface area contributed by atoms with Crippen LogP contribution < -0.4 is 20.1 Å². The van der Waals surface area contributed by atoms with E-state index in [-0.39, 0.29) is 18.3 Å². The van der Waals surface area contributed by atoms with Gasteiger partial charge in [-0.05, 0) is 57.3 Å². The van der Waals surface area contributed by atoms with Crippen molar-refractivity contribution in [1.29, 1.82) is 0 Å². The average molecular weight is 391 g/mol. The highest BCUT2D eigenvalue weighted by atomic mass is 35.5. The molecule has 142 valence electrons. The lowest BCUT2D eigenvalue weighted by atomic mass is 10.1. The van der Waals surface area contributed by atoms with Gasteiger partial charge in [-0.15, -0.1) is 12.4 Å². The van der Waals surface area contributed by atoms with Crippen LogP contribution >= 0.6 is 24.0 Å². The van der Waals surface area contributed by atoms with Crippen LogP contribution in [0.4, 0.5) is 0 Å². The van der Waals surface area contributed by atoms with Crippen LogP contribution in [0.5, 0.6) is 11.5 Å². The maximum atomic E-state index is 12.4. The van der Waals surface area contributed by atoms with Crippen molar-refractivity contribution in [2.24, 2.45) is 5.92 Å². The van der Waals surface area contributed by atoms with E-state index < -0.39 is 0 Å². The SMILES string of the molecule is CCCOc1c(Cl)cc(C(=O)NCCC2CCNC2)cc1OCC.Cl. The first-order valence-electron chi connectivity index (χ1n) is 8.73. The van der Waals surface area contributed by atoms with Crippen molar-refractivity contribution in [3.8, 4) is 11.5 Å². The summed E-state index contributed by atoms with van der Waals surface area (Å²) in [7, 11) is 0. The Bertz CT molecular complexity index is 549. The van der Waals surface area contributed by atoms with Crippen LogP contribution in [-0.4, -0.2) is 38.8 Å². The molecule has 0 aliphatic carbocycles. The first kappa shape index (κ1) is 21.9. The van der Waals surface area contributed by atoms with Crippen molar-refractivity contribution in [3.05, 3.63) is 22.7 Å². The lowest BCUT2D eigenvalue weighted by molar-refractivity contribution is 0.0951. The van der Waals surface area contributed by atoms with E-state index in [4.69, 9.17) is 21.1 Å². The average Bonchev–Trinajstić information content (AvgIpc) is 3.07. The van der Waals surface area contributed by atoms with E-state index in [0.29, 0.717) is 47.8 Å². The fourth-order valence-corrected chi connectivity index (χ4v) is 3.02. The zero-order chi connectivity index (χ0) is 17.4. The second-order valence-electron chi connectivity index (χ2n) is 5.97. The summed E-state index contributed by atoms with van der Waals surface area (Å²) in [6.45, 7) is 7.74. The molecule has 1 fully saturated rings. The molecule has 2 N–H and O–H groups in total. The summed E-state index contributed by atoms with van der Waals surface area (Å²) in [6.07, 6.45) is 3.04. The van der Waals surface area contributed by atoms with Crippen molar-refractivity contribution in [2.45, 2.75) is 33.1 Å². The van der Waals surface area contributed by atoms with Gasteiger partial charge in [-0.3, -0.25) is 4.79 Å². The van der Waals surface area contributed by atoms with Gasteiger partial charge in [0.25, 0.3) is 5.91 Å². The monoisotopic (exact) mass is 390 g/mol. The third kappa shape index (κ3) is 6.57. The molecular weight excluding hydrogens is 363 g/mol. The first-order valence-corrected chi connectivity index (χ1v) is 9.11. The highest BCUT2D eigenvalue weighted by Gasteiger charge is 2.17. The summed E-state index contributed by atoms with van der Waals surface area (Å²) in [4.78, 5) is 12.4. The Labute approximate surface area is 161 Å². The Morgan fingerprint density at radius 1 is 1.36 bits per heavy atom. The predicted molar refractivity (Wildman–Crippen MR) is 104 cm³/mol. The number of carbonyl (C=O) groups is 1. The van der Waals surface area contributed by atoms with E-state index in [1.165, 1.54) is 6.42 Å². The minimum atomic E-state index is -0.133. The standard InChI is InChI=1S/C18H27ClN2O3.ClH/c1-3-9-24-17-15(19)10-14(11-16(17)23-4-2)18(22)21-8-6-13-5-7-20-12-13;/h10-11,13,20H,3-9,12H2,1-2H3,(H,21,22);1H. The Kier molecular flexibility index (Phi) is 10.0. The van der Waals surface area contributed by atoms with Crippen molar-refractivity contribution in [1.82, 2.24) is 10.6 Å². The highest BCUT2D eigenvalue weighted by Crippen LogP contribution is 2.36. The molecule has 25 heavy (non-hydrogen) atoms. The molecule has 0 spiro atoms. The Hall–Kier alpha value is -1.17. The molecule has 1 aliphatic heterocycles. The largest absolute Gasteiger partial charge is 0.490 e. The van der Waals surface area contributed by atoms with E-state index in [0.717, 1.165) is 25.9 Å². The lowest BCUT2D eigenvalue weighted by Crippen LogP contribution is -2.26. The van der Waals surface area contributed by atoms with Gasteiger partial charge >= 0.3 is 0 Å². The molecule has 0 bridgehead atoms. The van der Waals surface area contributed by atoms with Crippen LogP contribution in [0.2, 0.25) is 5.02 Å². The van der Waals surface area contributed by atoms with E-state index in [1.807, 2.05) is 13.8 Å². The van der Waals surface area contributed by atoms with E-state index in [9.17, 15) is 4.79 Å². The highest BCUT2D eigenvalue weighted by molar-refractivity contribution is 6.32. The number of carbonyl (C=O) groups excluding carboxylic acids is 1. The minimum absolute atomic E-state index is 0. The van der Waals surface area contributed by atoms with Crippen molar-refractivity contribution < 1.29 is 14.3 Å². The zero-order valence-corrected chi connectivity index (χ0v) is 16.5. The molecule has 1 aliphatic rings. The van der Waals surface area contributed by atoms with Gasteiger partial charge in [0.2, 0.25) is 0 Å². The molecule has 0 aromatic heterocycles. The topological polar surface area (TPSA) is 59.6 Å². The van der Waals surface area contributed by atoms with E-state index in [1.54, 1.807) is 12.1 Å². The summed E-state index contributed by atoms with van der Waals surface area (Å²) >= 11 is 6.29. The van der Waals surface area contributed by atoms with Gasteiger partial charge in [-0.1, -0.05) is 18.5 Å². The number of nitrogens with one attached hydrogen (secondary N) is 2.